The van der Waals surface area contributed by atoms with E-state index in [1.807, 2.05) is 4.57 Å². The maximum atomic E-state index is 12.4. The molecule has 1 heterocycles. The first kappa shape index (κ1) is 13.9. The number of carbonyl (C=O) groups excluding carboxylic acids is 1. The summed E-state index contributed by atoms with van der Waals surface area (Å²) >= 11 is 5.95. The Morgan fingerprint density at radius 3 is 2.68 bits per heavy atom. The summed E-state index contributed by atoms with van der Waals surface area (Å²) in [5, 5.41) is 9.62. The summed E-state index contributed by atoms with van der Waals surface area (Å²) in [5.41, 5.74) is 0.467. The fourth-order valence-electron chi connectivity index (χ4n) is 2.21. The third-order valence-electron chi connectivity index (χ3n) is 3.43. The lowest BCUT2D eigenvalue weighted by atomic mass is 10.2. The van der Waals surface area contributed by atoms with Gasteiger partial charge in [0.15, 0.2) is 0 Å². The zero-order valence-corrected chi connectivity index (χ0v) is 11.7. The summed E-state index contributed by atoms with van der Waals surface area (Å²) in [6.07, 6.45) is 4.17. The Morgan fingerprint density at radius 1 is 1.58 bits per heavy atom. The van der Waals surface area contributed by atoms with Crippen molar-refractivity contribution in [2.75, 3.05) is 7.05 Å². The van der Waals surface area contributed by atoms with Crippen LogP contribution in [0.15, 0.2) is 12.3 Å². The molecule has 0 aliphatic heterocycles. The van der Waals surface area contributed by atoms with Gasteiger partial charge in [0, 0.05) is 19.3 Å². The van der Waals surface area contributed by atoms with E-state index in [2.05, 4.69) is 0 Å². The van der Waals surface area contributed by atoms with Gasteiger partial charge in [-0.2, -0.15) is 0 Å². The number of halogens is 1. The SMILES string of the molecule is CCC(C(=O)O)N(C)C(=O)c1cc(Cl)cn1C1CC1. The molecular weight excluding hydrogens is 268 g/mol. The van der Waals surface area contributed by atoms with Crippen LogP contribution in [0.4, 0.5) is 0 Å². The minimum absolute atomic E-state index is 0.298. The highest BCUT2D eigenvalue weighted by atomic mass is 35.5. The summed E-state index contributed by atoms with van der Waals surface area (Å²) in [6.45, 7) is 1.75. The van der Waals surface area contributed by atoms with Crippen molar-refractivity contribution >= 4 is 23.5 Å². The van der Waals surface area contributed by atoms with Crippen LogP contribution < -0.4 is 0 Å². The molecule has 1 aromatic rings. The molecule has 0 saturated heterocycles. The first-order valence-electron chi connectivity index (χ1n) is 6.33. The van der Waals surface area contributed by atoms with Crippen LogP contribution in [0, 0.1) is 0 Å². The number of aromatic nitrogens is 1. The van der Waals surface area contributed by atoms with Gasteiger partial charge in [0.2, 0.25) is 0 Å². The molecule has 1 aromatic heterocycles. The lowest BCUT2D eigenvalue weighted by Crippen LogP contribution is -2.42. The second kappa shape index (κ2) is 5.25. The van der Waals surface area contributed by atoms with Crippen molar-refractivity contribution in [1.29, 1.82) is 0 Å². The van der Waals surface area contributed by atoms with Crippen molar-refractivity contribution in [3.05, 3.63) is 23.0 Å². The van der Waals surface area contributed by atoms with Gasteiger partial charge in [-0.1, -0.05) is 18.5 Å². The summed E-state index contributed by atoms with van der Waals surface area (Å²) in [7, 11) is 1.52. The minimum Gasteiger partial charge on any atom is -0.480 e. The van der Waals surface area contributed by atoms with Gasteiger partial charge in [-0.25, -0.2) is 4.79 Å². The number of hydrogen-bond donors (Lipinski definition) is 1. The van der Waals surface area contributed by atoms with Crippen molar-refractivity contribution in [3.8, 4) is 0 Å². The number of hydrogen-bond acceptors (Lipinski definition) is 2. The first-order valence-corrected chi connectivity index (χ1v) is 6.70. The number of carboxylic acids is 1. The standard InChI is InChI=1S/C13H17ClN2O3/c1-3-10(13(18)19)15(2)12(17)11-6-8(14)7-16(11)9-4-5-9/h6-7,9-10H,3-5H2,1-2H3,(H,18,19). The number of carboxylic acid groups (broad SMARTS) is 1. The first-order chi connectivity index (χ1) is 8.95. The molecular formula is C13H17ClN2O3. The molecule has 104 valence electrons. The van der Waals surface area contributed by atoms with Gasteiger partial charge >= 0.3 is 5.97 Å². The maximum absolute atomic E-state index is 12.4. The number of likely N-dealkylation sites (N-methyl/N-ethyl adjacent to an activating group) is 1. The van der Waals surface area contributed by atoms with Crippen LogP contribution in [0.3, 0.4) is 0 Å². The summed E-state index contributed by atoms with van der Waals surface area (Å²) < 4.78 is 1.86. The number of carbonyl (C=O) groups is 2. The number of nitrogens with zero attached hydrogens (tertiary/aromatic N) is 2. The molecule has 5 nitrogen and oxygen atoms in total. The normalized spacial score (nSPS) is 16.2. The average molecular weight is 285 g/mol. The van der Waals surface area contributed by atoms with Crippen LogP contribution in [0.25, 0.3) is 0 Å². The Morgan fingerprint density at radius 2 is 2.21 bits per heavy atom. The lowest BCUT2D eigenvalue weighted by molar-refractivity contribution is -0.142. The number of aliphatic carboxylic acids is 1. The van der Waals surface area contributed by atoms with E-state index in [1.165, 1.54) is 11.9 Å². The summed E-state index contributed by atoms with van der Waals surface area (Å²) in [4.78, 5) is 24.8. The van der Waals surface area contributed by atoms with Crippen LogP contribution in [0.2, 0.25) is 5.02 Å². The minimum atomic E-state index is -0.992. The van der Waals surface area contributed by atoms with Crippen LogP contribution in [-0.2, 0) is 4.79 Å². The van der Waals surface area contributed by atoms with Gasteiger partial charge < -0.3 is 14.6 Å². The molecule has 0 aromatic carbocycles. The van der Waals surface area contributed by atoms with Crippen molar-refractivity contribution < 1.29 is 14.7 Å². The molecule has 1 aliphatic carbocycles. The third-order valence-corrected chi connectivity index (χ3v) is 3.64. The second-order valence-corrected chi connectivity index (χ2v) is 5.30. The third kappa shape index (κ3) is 2.76. The molecule has 1 unspecified atom stereocenters. The Balaban J connectivity index is 2.25. The Hall–Kier alpha value is -1.49. The molecule has 0 radical (unpaired) electrons. The smallest absolute Gasteiger partial charge is 0.326 e. The molecule has 1 fully saturated rings. The molecule has 1 aliphatic rings. The van der Waals surface area contributed by atoms with Gasteiger partial charge in [0.25, 0.3) is 5.91 Å². The fraction of sp³-hybridized carbons (Fsp3) is 0.538. The van der Waals surface area contributed by atoms with E-state index in [9.17, 15) is 9.59 Å². The monoisotopic (exact) mass is 284 g/mol. The van der Waals surface area contributed by atoms with E-state index in [4.69, 9.17) is 16.7 Å². The molecule has 19 heavy (non-hydrogen) atoms. The van der Waals surface area contributed by atoms with Gasteiger partial charge in [-0.05, 0) is 25.3 Å². The Bertz CT molecular complexity index is 508. The van der Waals surface area contributed by atoms with Gasteiger partial charge in [0.05, 0.1) is 5.02 Å². The molecule has 0 spiro atoms. The van der Waals surface area contributed by atoms with Crippen molar-refractivity contribution in [2.24, 2.45) is 0 Å². The van der Waals surface area contributed by atoms with Crippen LogP contribution >= 0.6 is 11.6 Å². The number of rotatable bonds is 5. The highest BCUT2D eigenvalue weighted by Gasteiger charge is 2.31. The molecule has 0 bridgehead atoms. The Kier molecular flexibility index (Phi) is 3.85. The van der Waals surface area contributed by atoms with E-state index < -0.39 is 12.0 Å². The van der Waals surface area contributed by atoms with E-state index in [1.54, 1.807) is 19.2 Å². The van der Waals surface area contributed by atoms with Gasteiger partial charge in [0.1, 0.15) is 11.7 Å². The number of amides is 1. The summed E-state index contributed by atoms with van der Waals surface area (Å²) in [6, 6.07) is 1.12. The largest absolute Gasteiger partial charge is 0.480 e. The lowest BCUT2D eigenvalue weighted by Gasteiger charge is -2.24. The Labute approximate surface area is 116 Å². The zero-order chi connectivity index (χ0) is 14.2. The predicted octanol–water partition coefficient (Wildman–Crippen LogP) is 2.41. The quantitative estimate of drug-likeness (QED) is 0.903. The van der Waals surface area contributed by atoms with E-state index in [0.29, 0.717) is 23.2 Å². The highest BCUT2D eigenvalue weighted by molar-refractivity contribution is 6.31. The van der Waals surface area contributed by atoms with Crippen molar-refractivity contribution in [2.45, 2.75) is 38.3 Å². The maximum Gasteiger partial charge on any atom is 0.326 e. The predicted molar refractivity (Wildman–Crippen MR) is 71.5 cm³/mol. The summed E-state index contributed by atoms with van der Waals surface area (Å²) in [5.74, 6) is -1.29. The molecule has 2 rings (SSSR count). The topological polar surface area (TPSA) is 62.5 Å². The average Bonchev–Trinajstić information content (AvgIpc) is 3.12. The zero-order valence-electron chi connectivity index (χ0n) is 11.0. The van der Waals surface area contributed by atoms with Crippen molar-refractivity contribution in [3.63, 3.8) is 0 Å². The van der Waals surface area contributed by atoms with Crippen molar-refractivity contribution in [1.82, 2.24) is 9.47 Å². The molecule has 6 heteroatoms. The molecule has 1 atom stereocenters. The van der Waals surface area contributed by atoms with Gasteiger partial charge in [-0.3, -0.25) is 4.79 Å². The van der Waals surface area contributed by atoms with Crippen LogP contribution in [0.1, 0.15) is 42.7 Å². The van der Waals surface area contributed by atoms with Crippen LogP contribution in [-0.4, -0.2) is 39.5 Å². The molecule has 1 N–H and O–H groups in total. The fourth-order valence-corrected chi connectivity index (χ4v) is 2.42. The second-order valence-electron chi connectivity index (χ2n) is 4.86. The molecule has 1 amide bonds. The van der Waals surface area contributed by atoms with E-state index in [0.717, 1.165) is 12.8 Å². The van der Waals surface area contributed by atoms with Gasteiger partial charge in [-0.15, -0.1) is 0 Å². The van der Waals surface area contributed by atoms with Crippen LogP contribution in [0.5, 0.6) is 0 Å². The van der Waals surface area contributed by atoms with E-state index >= 15 is 0 Å². The van der Waals surface area contributed by atoms with E-state index in [-0.39, 0.29) is 5.91 Å². The molecule has 1 saturated carbocycles. The highest BCUT2D eigenvalue weighted by Crippen LogP contribution is 2.37.